The smallest absolute Gasteiger partial charge is 0.333 e. The van der Waals surface area contributed by atoms with Crippen LogP contribution in [0.15, 0.2) is 0 Å². The fourth-order valence-corrected chi connectivity index (χ4v) is 1.70. The van der Waals surface area contributed by atoms with E-state index in [1.165, 1.54) is 0 Å². The van der Waals surface area contributed by atoms with Crippen LogP contribution in [0.5, 0.6) is 0 Å². The second-order valence-corrected chi connectivity index (χ2v) is 4.39. The maximum Gasteiger partial charge on any atom is 0.333 e. The van der Waals surface area contributed by atoms with E-state index in [0.717, 1.165) is 26.1 Å². The molecule has 1 unspecified atom stereocenters. The highest BCUT2D eigenvalue weighted by Gasteiger charge is 2.24. The average Bonchev–Trinajstić information content (AvgIpc) is 2.18. The van der Waals surface area contributed by atoms with Gasteiger partial charge in [-0.2, -0.15) is 0 Å². The maximum absolute atomic E-state index is 10.9. The fraction of sp³-hybridized carbons (Fsp3) is 0.909. The van der Waals surface area contributed by atoms with Crippen LogP contribution in [0.1, 0.15) is 26.7 Å². The first kappa shape index (κ1) is 12.5. The molecule has 1 fully saturated rings. The summed E-state index contributed by atoms with van der Waals surface area (Å²) in [6.45, 7) is 5.81. The van der Waals surface area contributed by atoms with Crippen LogP contribution in [0, 0.1) is 11.8 Å². The summed E-state index contributed by atoms with van der Waals surface area (Å²) in [7, 11) is 0. The van der Waals surface area contributed by atoms with Crippen molar-refractivity contribution in [3.63, 3.8) is 0 Å². The first-order valence-corrected chi connectivity index (χ1v) is 5.53. The number of carboxylic acid groups (broad SMARTS) is 1. The Kier molecular flexibility index (Phi) is 5.05. The third-order valence-corrected chi connectivity index (χ3v) is 2.70. The largest absolute Gasteiger partial charge is 0.479 e. The minimum absolute atomic E-state index is 0.0161. The molecule has 0 amide bonds. The Morgan fingerprint density at radius 1 is 1.47 bits per heavy atom. The molecule has 0 radical (unpaired) electrons. The number of hydrogen-bond donors (Lipinski definition) is 1. The van der Waals surface area contributed by atoms with E-state index in [-0.39, 0.29) is 5.92 Å². The average molecular weight is 216 g/mol. The molecule has 1 saturated heterocycles. The minimum atomic E-state index is -0.864. The van der Waals surface area contributed by atoms with E-state index in [2.05, 4.69) is 0 Å². The van der Waals surface area contributed by atoms with Crippen molar-refractivity contribution < 1.29 is 19.4 Å². The minimum Gasteiger partial charge on any atom is -0.479 e. The Morgan fingerprint density at radius 3 is 2.53 bits per heavy atom. The first-order chi connectivity index (χ1) is 7.11. The lowest BCUT2D eigenvalue weighted by Gasteiger charge is -2.24. The molecule has 1 aliphatic rings. The van der Waals surface area contributed by atoms with Gasteiger partial charge in [-0.15, -0.1) is 0 Å². The highest BCUT2D eigenvalue weighted by atomic mass is 16.5. The number of carbonyl (C=O) groups is 1. The van der Waals surface area contributed by atoms with Crippen molar-refractivity contribution in [1.82, 2.24) is 0 Å². The van der Waals surface area contributed by atoms with Crippen molar-refractivity contribution in [1.29, 1.82) is 0 Å². The zero-order chi connectivity index (χ0) is 11.3. The van der Waals surface area contributed by atoms with E-state index >= 15 is 0 Å². The van der Waals surface area contributed by atoms with Gasteiger partial charge in [0.25, 0.3) is 0 Å². The molecule has 88 valence electrons. The lowest BCUT2D eigenvalue weighted by atomic mass is 10.0. The van der Waals surface area contributed by atoms with E-state index in [1.807, 2.05) is 13.8 Å². The second kappa shape index (κ2) is 6.08. The summed E-state index contributed by atoms with van der Waals surface area (Å²) in [6, 6.07) is 0. The zero-order valence-corrected chi connectivity index (χ0v) is 9.44. The van der Waals surface area contributed by atoms with Crippen molar-refractivity contribution in [2.24, 2.45) is 11.8 Å². The molecule has 0 spiro atoms. The van der Waals surface area contributed by atoms with Gasteiger partial charge >= 0.3 is 5.97 Å². The molecule has 15 heavy (non-hydrogen) atoms. The van der Waals surface area contributed by atoms with Crippen LogP contribution < -0.4 is 0 Å². The molecular weight excluding hydrogens is 196 g/mol. The van der Waals surface area contributed by atoms with Gasteiger partial charge < -0.3 is 14.6 Å². The number of hydrogen-bond acceptors (Lipinski definition) is 3. The van der Waals surface area contributed by atoms with Crippen LogP contribution in [0.2, 0.25) is 0 Å². The number of aliphatic carboxylic acids is 1. The Hall–Kier alpha value is -0.610. The maximum atomic E-state index is 10.9. The molecule has 0 bridgehead atoms. The molecule has 0 aromatic heterocycles. The van der Waals surface area contributed by atoms with Crippen LogP contribution in [0.3, 0.4) is 0 Å². The predicted octanol–water partition coefficient (Wildman–Crippen LogP) is 1.54. The summed E-state index contributed by atoms with van der Waals surface area (Å²) in [5, 5.41) is 8.92. The normalized spacial score (nSPS) is 20.5. The van der Waals surface area contributed by atoms with Gasteiger partial charge in [-0.25, -0.2) is 4.79 Å². The molecule has 0 aliphatic carbocycles. The van der Waals surface area contributed by atoms with Crippen molar-refractivity contribution in [3.05, 3.63) is 0 Å². The summed E-state index contributed by atoms with van der Waals surface area (Å²) < 4.78 is 10.7. The van der Waals surface area contributed by atoms with Crippen LogP contribution in [-0.2, 0) is 14.3 Å². The quantitative estimate of drug-likeness (QED) is 0.757. The summed E-state index contributed by atoms with van der Waals surface area (Å²) >= 11 is 0. The first-order valence-electron chi connectivity index (χ1n) is 5.53. The molecule has 0 aromatic carbocycles. The van der Waals surface area contributed by atoms with Gasteiger partial charge in [0, 0.05) is 13.2 Å². The number of carboxylic acids is 1. The fourth-order valence-electron chi connectivity index (χ4n) is 1.70. The van der Waals surface area contributed by atoms with E-state index in [0.29, 0.717) is 12.5 Å². The molecular formula is C11H20O4. The van der Waals surface area contributed by atoms with E-state index in [9.17, 15) is 4.79 Å². The zero-order valence-electron chi connectivity index (χ0n) is 9.44. The molecule has 1 N–H and O–H groups in total. The van der Waals surface area contributed by atoms with Gasteiger partial charge in [-0.3, -0.25) is 0 Å². The van der Waals surface area contributed by atoms with Crippen molar-refractivity contribution in [2.45, 2.75) is 32.8 Å². The third-order valence-electron chi connectivity index (χ3n) is 2.70. The molecule has 4 nitrogen and oxygen atoms in total. The molecule has 1 heterocycles. The van der Waals surface area contributed by atoms with Crippen LogP contribution in [0.4, 0.5) is 0 Å². The van der Waals surface area contributed by atoms with Crippen molar-refractivity contribution in [2.75, 3.05) is 19.8 Å². The lowest BCUT2D eigenvalue weighted by Crippen LogP contribution is -2.32. The highest BCUT2D eigenvalue weighted by molar-refractivity contribution is 5.72. The van der Waals surface area contributed by atoms with Crippen LogP contribution in [-0.4, -0.2) is 37.0 Å². The van der Waals surface area contributed by atoms with Crippen LogP contribution in [0.25, 0.3) is 0 Å². The van der Waals surface area contributed by atoms with Gasteiger partial charge in [0.05, 0.1) is 6.61 Å². The standard InChI is InChI=1S/C11H20O4/c1-8(2)10(11(12)13)15-7-9-3-5-14-6-4-9/h8-10H,3-7H2,1-2H3,(H,12,13). The van der Waals surface area contributed by atoms with E-state index in [4.69, 9.17) is 14.6 Å². The van der Waals surface area contributed by atoms with Crippen LogP contribution >= 0.6 is 0 Å². The van der Waals surface area contributed by atoms with Gasteiger partial charge in [0.2, 0.25) is 0 Å². The van der Waals surface area contributed by atoms with Crippen molar-refractivity contribution in [3.8, 4) is 0 Å². The lowest BCUT2D eigenvalue weighted by molar-refractivity contribution is -0.155. The summed E-state index contributed by atoms with van der Waals surface area (Å²) in [4.78, 5) is 10.9. The summed E-state index contributed by atoms with van der Waals surface area (Å²) in [6.07, 6.45) is 1.28. The Labute approximate surface area is 90.6 Å². The Bertz CT molecular complexity index is 197. The van der Waals surface area contributed by atoms with E-state index in [1.54, 1.807) is 0 Å². The number of rotatable bonds is 5. The molecule has 0 saturated carbocycles. The van der Waals surface area contributed by atoms with Gasteiger partial charge in [0.1, 0.15) is 0 Å². The molecule has 1 aliphatic heterocycles. The van der Waals surface area contributed by atoms with E-state index < -0.39 is 12.1 Å². The topological polar surface area (TPSA) is 55.8 Å². The predicted molar refractivity (Wildman–Crippen MR) is 55.8 cm³/mol. The van der Waals surface area contributed by atoms with Crippen molar-refractivity contribution >= 4 is 5.97 Å². The monoisotopic (exact) mass is 216 g/mol. The van der Waals surface area contributed by atoms with Gasteiger partial charge in [0.15, 0.2) is 6.10 Å². The van der Waals surface area contributed by atoms with Gasteiger partial charge in [-0.05, 0) is 24.7 Å². The molecule has 1 atom stereocenters. The third kappa shape index (κ3) is 4.18. The van der Waals surface area contributed by atoms with Gasteiger partial charge in [-0.1, -0.05) is 13.8 Å². The molecule has 4 heteroatoms. The Balaban J connectivity index is 2.29. The summed E-state index contributed by atoms with van der Waals surface area (Å²) in [5.41, 5.74) is 0. The molecule has 0 aromatic rings. The SMILES string of the molecule is CC(C)C(OCC1CCOCC1)C(=O)O. The Morgan fingerprint density at radius 2 is 2.07 bits per heavy atom. The second-order valence-electron chi connectivity index (χ2n) is 4.39. The summed E-state index contributed by atoms with van der Waals surface area (Å²) in [5.74, 6) is -0.390. The number of ether oxygens (including phenoxy) is 2. The highest BCUT2D eigenvalue weighted by Crippen LogP contribution is 2.17. The molecule has 1 rings (SSSR count).